The molecule has 0 saturated carbocycles. The molecule has 0 aliphatic carbocycles. The first kappa shape index (κ1) is 16.9. The van der Waals surface area contributed by atoms with E-state index in [9.17, 15) is 12.8 Å². The number of fused-ring (bicyclic) bond motifs is 1. The van der Waals surface area contributed by atoms with Gasteiger partial charge in [-0.05, 0) is 29.3 Å². The maximum atomic E-state index is 13.4. The van der Waals surface area contributed by atoms with Crippen molar-refractivity contribution in [2.24, 2.45) is 0 Å². The van der Waals surface area contributed by atoms with Crippen molar-refractivity contribution >= 4 is 10.0 Å². The molecule has 0 amide bonds. The van der Waals surface area contributed by atoms with Crippen LogP contribution in [0.1, 0.15) is 11.1 Å². The minimum absolute atomic E-state index is 0.0961. The summed E-state index contributed by atoms with van der Waals surface area (Å²) in [6.07, 6.45) is 0.355. The Kier molecular flexibility index (Phi) is 4.84. The summed E-state index contributed by atoms with van der Waals surface area (Å²) in [5.74, 6) is -0.544. The van der Waals surface area contributed by atoms with E-state index in [1.54, 1.807) is 0 Å². The fourth-order valence-corrected chi connectivity index (χ4v) is 3.93. The van der Waals surface area contributed by atoms with E-state index in [0.29, 0.717) is 13.0 Å². The van der Waals surface area contributed by atoms with Gasteiger partial charge in [-0.25, -0.2) is 17.5 Å². The highest BCUT2D eigenvalue weighted by Gasteiger charge is 2.24. The maximum Gasteiger partial charge on any atom is 0.244 e. The average molecular weight is 351 g/mol. The van der Waals surface area contributed by atoms with E-state index in [2.05, 4.69) is 4.72 Å². The highest BCUT2D eigenvalue weighted by atomic mass is 32.2. The summed E-state index contributed by atoms with van der Waals surface area (Å²) in [7, 11) is -2.56. The molecule has 3 rings (SSSR count). The number of halogens is 1. The Bertz CT molecular complexity index is 838. The van der Waals surface area contributed by atoms with E-state index in [4.69, 9.17) is 9.47 Å². The van der Waals surface area contributed by atoms with Gasteiger partial charge in [-0.15, -0.1) is 0 Å². The van der Waals surface area contributed by atoms with Gasteiger partial charge in [0.15, 0.2) is 0 Å². The molecular weight excluding hydrogens is 333 g/mol. The van der Waals surface area contributed by atoms with Crippen LogP contribution in [0.25, 0.3) is 0 Å². The van der Waals surface area contributed by atoms with Gasteiger partial charge in [0.25, 0.3) is 0 Å². The number of rotatable bonds is 5. The molecule has 1 heterocycles. The molecule has 0 spiro atoms. The molecule has 24 heavy (non-hydrogen) atoms. The van der Waals surface area contributed by atoms with Crippen molar-refractivity contribution < 1.29 is 22.3 Å². The Morgan fingerprint density at radius 1 is 1.25 bits per heavy atom. The van der Waals surface area contributed by atoms with Crippen LogP contribution in [0.15, 0.2) is 47.4 Å². The van der Waals surface area contributed by atoms with Gasteiger partial charge >= 0.3 is 0 Å². The largest absolute Gasteiger partial charge is 0.495 e. The molecule has 1 N–H and O–H groups in total. The van der Waals surface area contributed by atoms with Crippen molar-refractivity contribution in [3.63, 3.8) is 0 Å². The topological polar surface area (TPSA) is 64.6 Å². The minimum atomic E-state index is -3.90. The third-order valence-electron chi connectivity index (χ3n) is 3.96. The van der Waals surface area contributed by atoms with Crippen molar-refractivity contribution in [3.05, 3.63) is 59.4 Å². The van der Waals surface area contributed by atoms with E-state index >= 15 is 0 Å². The van der Waals surface area contributed by atoms with Crippen molar-refractivity contribution in [3.8, 4) is 5.75 Å². The summed E-state index contributed by atoms with van der Waals surface area (Å²) in [4.78, 5) is -0.221. The number of nitrogens with one attached hydrogen (secondary N) is 1. The molecule has 1 aliphatic heterocycles. The van der Waals surface area contributed by atoms with Crippen LogP contribution in [0.3, 0.4) is 0 Å². The molecule has 7 heteroatoms. The van der Waals surface area contributed by atoms with Gasteiger partial charge in [0.2, 0.25) is 10.0 Å². The molecule has 0 bridgehead atoms. The lowest BCUT2D eigenvalue weighted by Gasteiger charge is -2.25. The Balaban J connectivity index is 1.72. The van der Waals surface area contributed by atoms with Gasteiger partial charge in [0.05, 0.1) is 19.8 Å². The van der Waals surface area contributed by atoms with Gasteiger partial charge in [0.1, 0.15) is 16.5 Å². The van der Waals surface area contributed by atoms with Gasteiger partial charge in [-0.1, -0.05) is 24.3 Å². The summed E-state index contributed by atoms with van der Waals surface area (Å²) in [5, 5.41) is 0. The van der Waals surface area contributed by atoms with Gasteiger partial charge in [0, 0.05) is 13.0 Å². The van der Waals surface area contributed by atoms with Gasteiger partial charge < -0.3 is 9.47 Å². The van der Waals surface area contributed by atoms with E-state index in [0.717, 1.165) is 23.3 Å². The monoisotopic (exact) mass is 351 g/mol. The molecule has 1 aliphatic rings. The molecule has 1 atom stereocenters. The number of methoxy groups -OCH3 is 1. The minimum Gasteiger partial charge on any atom is -0.495 e. The maximum absolute atomic E-state index is 13.4. The van der Waals surface area contributed by atoms with Crippen LogP contribution in [-0.2, 0) is 27.8 Å². The summed E-state index contributed by atoms with van der Waals surface area (Å²) in [6, 6.07) is 11.3. The lowest BCUT2D eigenvalue weighted by Crippen LogP contribution is -2.36. The van der Waals surface area contributed by atoms with Crippen LogP contribution in [0, 0.1) is 5.82 Å². The van der Waals surface area contributed by atoms with Crippen molar-refractivity contribution in [2.75, 3.05) is 13.7 Å². The first-order valence-electron chi connectivity index (χ1n) is 7.51. The third-order valence-corrected chi connectivity index (χ3v) is 5.40. The van der Waals surface area contributed by atoms with Crippen LogP contribution < -0.4 is 9.46 Å². The van der Waals surface area contributed by atoms with E-state index in [1.165, 1.54) is 13.2 Å². The van der Waals surface area contributed by atoms with E-state index < -0.39 is 15.8 Å². The highest BCUT2D eigenvalue weighted by molar-refractivity contribution is 7.89. The number of hydrogen-bond acceptors (Lipinski definition) is 4. The van der Waals surface area contributed by atoms with Crippen molar-refractivity contribution in [1.29, 1.82) is 0 Å². The van der Waals surface area contributed by atoms with Crippen LogP contribution >= 0.6 is 0 Å². The zero-order valence-corrected chi connectivity index (χ0v) is 14.0. The third kappa shape index (κ3) is 3.58. The predicted octanol–water partition coefficient (Wildman–Crippen LogP) is 2.25. The lowest BCUT2D eigenvalue weighted by molar-refractivity contribution is 0.0322. The lowest BCUT2D eigenvalue weighted by atomic mass is 9.99. The van der Waals surface area contributed by atoms with Crippen molar-refractivity contribution in [1.82, 2.24) is 4.72 Å². The molecule has 2 aromatic carbocycles. The van der Waals surface area contributed by atoms with Crippen LogP contribution in [0.2, 0.25) is 0 Å². The normalized spacial score (nSPS) is 17.3. The smallest absolute Gasteiger partial charge is 0.244 e. The summed E-state index contributed by atoms with van der Waals surface area (Å²) in [5.41, 5.74) is 2.26. The molecule has 2 aromatic rings. The standard InChI is InChI=1S/C17H18FNO4S/c1-22-16-7-6-14(18)9-17(16)24(20,21)19-10-15-8-12-4-2-3-5-13(12)11-23-15/h2-7,9,15,19H,8,10-11H2,1H3. The first-order chi connectivity index (χ1) is 11.5. The van der Waals surface area contributed by atoms with E-state index in [1.807, 2.05) is 24.3 Å². The van der Waals surface area contributed by atoms with E-state index in [-0.39, 0.29) is 23.3 Å². The summed E-state index contributed by atoms with van der Waals surface area (Å²) >= 11 is 0. The van der Waals surface area contributed by atoms with Crippen molar-refractivity contribution in [2.45, 2.75) is 24.0 Å². The van der Waals surface area contributed by atoms with Crippen LogP contribution in [-0.4, -0.2) is 28.2 Å². The van der Waals surface area contributed by atoms with Gasteiger partial charge in [-0.3, -0.25) is 0 Å². The molecule has 0 fully saturated rings. The van der Waals surface area contributed by atoms with Crippen LogP contribution in [0.5, 0.6) is 5.75 Å². The molecule has 128 valence electrons. The fourth-order valence-electron chi connectivity index (χ4n) is 2.68. The summed E-state index contributed by atoms with van der Waals surface area (Å²) < 4.78 is 51.4. The quantitative estimate of drug-likeness (QED) is 0.897. The highest BCUT2D eigenvalue weighted by Crippen LogP contribution is 2.25. The number of benzene rings is 2. The number of ether oxygens (including phenoxy) is 2. The second kappa shape index (κ2) is 6.88. The summed E-state index contributed by atoms with van der Waals surface area (Å²) in [6.45, 7) is 0.558. The zero-order valence-electron chi connectivity index (χ0n) is 13.2. The predicted molar refractivity (Wildman–Crippen MR) is 86.9 cm³/mol. The molecule has 0 saturated heterocycles. The SMILES string of the molecule is COc1ccc(F)cc1S(=O)(=O)NCC1Cc2ccccc2CO1. The van der Waals surface area contributed by atoms with Gasteiger partial charge in [-0.2, -0.15) is 0 Å². The fraction of sp³-hybridized carbons (Fsp3) is 0.294. The Labute approximate surface area is 140 Å². The first-order valence-corrected chi connectivity index (χ1v) is 8.99. The molecule has 0 aromatic heterocycles. The molecule has 1 unspecified atom stereocenters. The number of hydrogen-bond donors (Lipinski definition) is 1. The zero-order chi connectivity index (χ0) is 17.2. The average Bonchev–Trinajstić information content (AvgIpc) is 2.60. The Hall–Kier alpha value is -1.96. The number of sulfonamides is 1. The Morgan fingerprint density at radius 3 is 2.75 bits per heavy atom. The second-order valence-corrected chi connectivity index (χ2v) is 7.29. The molecule has 0 radical (unpaired) electrons. The molecule has 5 nitrogen and oxygen atoms in total. The molecular formula is C17H18FNO4S. The second-order valence-electron chi connectivity index (χ2n) is 5.55. The van der Waals surface area contributed by atoms with Crippen LogP contribution in [0.4, 0.5) is 4.39 Å². The Morgan fingerprint density at radius 2 is 2.00 bits per heavy atom.